The van der Waals surface area contributed by atoms with Crippen LogP contribution in [0.2, 0.25) is 0 Å². The van der Waals surface area contributed by atoms with Crippen LogP contribution in [0.5, 0.6) is 5.75 Å². The zero-order chi connectivity index (χ0) is 22.3. The molecule has 0 spiro atoms. The molecule has 1 aromatic heterocycles. The van der Waals surface area contributed by atoms with Gasteiger partial charge in [0.15, 0.2) is 4.90 Å². The quantitative estimate of drug-likeness (QED) is 0.615. The highest BCUT2D eigenvalue weighted by atomic mass is 32.2. The van der Waals surface area contributed by atoms with Crippen LogP contribution in [0.4, 0.5) is 8.78 Å². The molecule has 3 aromatic rings. The average molecular weight is 450 g/mol. The summed E-state index contributed by atoms with van der Waals surface area (Å²) in [5.74, 6) is -2.22. The van der Waals surface area contributed by atoms with Gasteiger partial charge in [0.05, 0.1) is 0 Å². The maximum atomic E-state index is 14.0. The highest BCUT2D eigenvalue weighted by Gasteiger charge is 2.33. The van der Waals surface area contributed by atoms with Crippen LogP contribution in [-0.2, 0) is 16.6 Å². The molecule has 2 heterocycles. The maximum absolute atomic E-state index is 14.0. The normalized spacial score (nSPS) is 16.1. The predicted molar refractivity (Wildman–Crippen MR) is 109 cm³/mol. The smallest absolute Gasteiger partial charge is 0.336 e. The number of phenols is 1. The number of rotatable bonds is 4. The van der Waals surface area contributed by atoms with Crippen LogP contribution >= 0.6 is 0 Å². The van der Waals surface area contributed by atoms with Crippen molar-refractivity contribution in [3.8, 4) is 5.75 Å². The summed E-state index contributed by atoms with van der Waals surface area (Å²) in [5, 5.41) is 10.5. The number of aromatic hydroxyl groups is 1. The summed E-state index contributed by atoms with van der Waals surface area (Å²) >= 11 is 0. The first-order valence-electron chi connectivity index (χ1n) is 9.60. The van der Waals surface area contributed by atoms with Gasteiger partial charge in [0.1, 0.15) is 23.0 Å². The summed E-state index contributed by atoms with van der Waals surface area (Å²) in [7, 11) is -4.31. The third-order valence-electron chi connectivity index (χ3n) is 5.46. The molecule has 164 valence electrons. The lowest BCUT2D eigenvalue weighted by atomic mass is 10.1. The second-order valence-electron chi connectivity index (χ2n) is 7.41. The molecule has 1 N–H and O–H groups in total. The molecule has 4 rings (SSSR count). The number of aryl methyl sites for hydroxylation is 1. The Kier molecular flexibility index (Phi) is 5.54. The molecule has 1 fully saturated rings. The van der Waals surface area contributed by atoms with Gasteiger partial charge in [0.25, 0.3) is 0 Å². The number of halogens is 2. The van der Waals surface area contributed by atoms with Crippen LogP contribution < -0.4 is 5.63 Å². The lowest BCUT2D eigenvalue weighted by Crippen LogP contribution is -2.48. The Balaban J connectivity index is 1.54. The number of phenolic OH excluding ortho intramolecular Hbond substituents is 1. The van der Waals surface area contributed by atoms with Gasteiger partial charge in [-0.25, -0.2) is 22.0 Å². The van der Waals surface area contributed by atoms with Crippen molar-refractivity contribution in [3.63, 3.8) is 0 Å². The molecule has 0 aliphatic carbocycles. The lowest BCUT2D eigenvalue weighted by Gasteiger charge is -2.34. The molecule has 0 unspecified atom stereocenters. The first kappa shape index (κ1) is 21.4. The van der Waals surface area contributed by atoms with Gasteiger partial charge in [0, 0.05) is 49.7 Å². The minimum Gasteiger partial charge on any atom is -0.508 e. The Morgan fingerprint density at radius 3 is 2.35 bits per heavy atom. The molecule has 31 heavy (non-hydrogen) atoms. The fourth-order valence-corrected chi connectivity index (χ4v) is 5.30. The highest BCUT2D eigenvalue weighted by Crippen LogP contribution is 2.29. The van der Waals surface area contributed by atoms with E-state index in [1.807, 2.05) is 4.90 Å². The van der Waals surface area contributed by atoms with Crippen molar-refractivity contribution in [2.24, 2.45) is 0 Å². The minimum atomic E-state index is -4.31. The molecule has 0 atom stereocenters. The molecule has 10 heteroatoms. The van der Waals surface area contributed by atoms with Gasteiger partial charge in [-0.15, -0.1) is 0 Å². The van der Waals surface area contributed by atoms with Crippen LogP contribution in [0, 0.1) is 18.6 Å². The van der Waals surface area contributed by atoms with Crippen molar-refractivity contribution < 1.29 is 26.7 Å². The maximum Gasteiger partial charge on any atom is 0.336 e. The van der Waals surface area contributed by atoms with Crippen LogP contribution in [-0.4, -0.2) is 48.9 Å². The van der Waals surface area contributed by atoms with E-state index in [0.29, 0.717) is 41.7 Å². The van der Waals surface area contributed by atoms with Crippen molar-refractivity contribution in [3.05, 3.63) is 69.6 Å². The number of piperazine rings is 1. The number of hydrogen-bond acceptors (Lipinski definition) is 6. The van der Waals surface area contributed by atoms with Gasteiger partial charge >= 0.3 is 5.63 Å². The fourth-order valence-electron chi connectivity index (χ4n) is 3.77. The summed E-state index contributed by atoms with van der Waals surface area (Å²) in [6, 6.07) is 7.50. The van der Waals surface area contributed by atoms with Crippen molar-refractivity contribution >= 4 is 21.0 Å². The Morgan fingerprint density at radius 1 is 1.06 bits per heavy atom. The fraction of sp³-hybridized carbons (Fsp3) is 0.286. The van der Waals surface area contributed by atoms with Crippen LogP contribution in [0.25, 0.3) is 11.0 Å². The Bertz CT molecular complexity index is 1300. The van der Waals surface area contributed by atoms with Crippen LogP contribution in [0.15, 0.2) is 50.5 Å². The van der Waals surface area contributed by atoms with Crippen LogP contribution in [0.1, 0.15) is 11.1 Å². The standard InChI is InChI=1S/C21H20F2N2O5S/c1-13-18(26)6-5-15-14(11-19(27)30-20(13)15)12-24-7-9-25(10-8-24)31(28,29)21-16(22)3-2-4-17(21)23/h2-6,11,26H,7-10,12H2,1H3. The Morgan fingerprint density at radius 2 is 1.71 bits per heavy atom. The van der Waals surface area contributed by atoms with E-state index in [2.05, 4.69) is 0 Å². The van der Waals surface area contributed by atoms with Crippen molar-refractivity contribution in [1.82, 2.24) is 9.21 Å². The number of benzene rings is 2. The number of nitrogens with zero attached hydrogens (tertiary/aromatic N) is 2. The van der Waals surface area contributed by atoms with E-state index in [4.69, 9.17) is 4.42 Å². The highest BCUT2D eigenvalue weighted by molar-refractivity contribution is 7.89. The Hall–Kier alpha value is -2.82. The molecule has 7 nitrogen and oxygen atoms in total. The minimum absolute atomic E-state index is 0.0204. The van der Waals surface area contributed by atoms with E-state index in [-0.39, 0.29) is 18.8 Å². The van der Waals surface area contributed by atoms with Gasteiger partial charge in [-0.3, -0.25) is 4.90 Å². The molecule has 0 saturated carbocycles. The van der Waals surface area contributed by atoms with Crippen molar-refractivity contribution in [2.45, 2.75) is 18.4 Å². The lowest BCUT2D eigenvalue weighted by molar-refractivity contribution is 0.181. The number of hydrogen-bond donors (Lipinski definition) is 1. The molecular weight excluding hydrogens is 430 g/mol. The largest absolute Gasteiger partial charge is 0.508 e. The molecule has 0 bridgehead atoms. The summed E-state index contributed by atoms with van der Waals surface area (Å²) < 4.78 is 59.8. The summed E-state index contributed by atoms with van der Waals surface area (Å²) in [5.41, 5.74) is 0.899. The summed E-state index contributed by atoms with van der Waals surface area (Å²) in [4.78, 5) is 13.0. The van der Waals surface area contributed by atoms with E-state index in [9.17, 15) is 27.1 Å². The number of sulfonamides is 1. The summed E-state index contributed by atoms with van der Waals surface area (Å²) in [6.45, 7) is 2.73. The van der Waals surface area contributed by atoms with E-state index in [1.165, 1.54) is 12.1 Å². The van der Waals surface area contributed by atoms with Crippen LogP contribution in [0.3, 0.4) is 0 Å². The monoisotopic (exact) mass is 450 g/mol. The zero-order valence-electron chi connectivity index (χ0n) is 16.6. The second kappa shape index (κ2) is 8.03. The molecule has 1 saturated heterocycles. The van der Waals surface area contributed by atoms with Gasteiger partial charge in [-0.2, -0.15) is 4.31 Å². The third-order valence-corrected chi connectivity index (χ3v) is 7.41. The van der Waals surface area contributed by atoms with E-state index >= 15 is 0 Å². The van der Waals surface area contributed by atoms with E-state index < -0.39 is 32.2 Å². The predicted octanol–water partition coefficient (Wildman–Crippen LogP) is 2.59. The van der Waals surface area contributed by atoms with Crippen molar-refractivity contribution in [1.29, 1.82) is 0 Å². The average Bonchev–Trinajstić information content (AvgIpc) is 2.71. The summed E-state index contributed by atoms with van der Waals surface area (Å²) in [6.07, 6.45) is 0. The van der Waals surface area contributed by atoms with Gasteiger partial charge in [0.2, 0.25) is 10.0 Å². The van der Waals surface area contributed by atoms with E-state index in [1.54, 1.807) is 13.0 Å². The first-order chi connectivity index (χ1) is 14.7. The Labute approximate surface area is 177 Å². The SMILES string of the molecule is Cc1c(O)ccc2c(CN3CCN(S(=O)(=O)c4c(F)cccc4F)CC3)cc(=O)oc12. The van der Waals surface area contributed by atoms with Gasteiger partial charge in [-0.05, 0) is 36.8 Å². The number of fused-ring (bicyclic) bond motifs is 1. The molecule has 1 aliphatic heterocycles. The topological polar surface area (TPSA) is 91.1 Å². The second-order valence-corrected chi connectivity index (χ2v) is 9.28. The van der Waals surface area contributed by atoms with Gasteiger partial charge in [-0.1, -0.05) is 6.07 Å². The zero-order valence-corrected chi connectivity index (χ0v) is 17.5. The molecule has 0 amide bonds. The van der Waals surface area contributed by atoms with Crippen molar-refractivity contribution in [2.75, 3.05) is 26.2 Å². The molecule has 0 radical (unpaired) electrons. The van der Waals surface area contributed by atoms with E-state index in [0.717, 1.165) is 22.5 Å². The molecular formula is C21H20F2N2O5S. The van der Waals surface area contributed by atoms with Gasteiger partial charge < -0.3 is 9.52 Å². The third kappa shape index (κ3) is 3.93. The molecule has 1 aliphatic rings. The molecule has 2 aromatic carbocycles. The first-order valence-corrected chi connectivity index (χ1v) is 11.0.